The summed E-state index contributed by atoms with van der Waals surface area (Å²) in [6, 6.07) is 12.5. The second-order valence-corrected chi connectivity index (χ2v) is 10.1. The van der Waals surface area contributed by atoms with Crippen LogP contribution in [0, 0.1) is 12.8 Å². The zero-order valence-corrected chi connectivity index (χ0v) is 20.2. The van der Waals surface area contributed by atoms with E-state index >= 15 is 0 Å². The predicted molar refractivity (Wildman–Crippen MR) is 133 cm³/mol. The van der Waals surface area contributed by atoms with Crippen molar-refractivity contribution in [2.24, 2.45) is 5.92 Å². The van der Waals surface area contributed by atoms with Gasteiger partial charge in [-0.05, 0) is 67.7 Å². The first kappa shape index (κ1) is 22.6. The summed E-state index contributed by atoms with van der Waals surface area (Å²) < 4.78 is 1.81. The molecule has 2 aromatic heterocycles. The lowest BCUT2D eigenvalue weighted by atomic mass is 9.89. The number of nitrogens with zero attached hydrogens (tertiary/aromatic N) is 4. The number of aromatic nitrogens is 2. The van der Waals surface area contributed by atoms with Crippen LogP contribution in [0.5, 0.6) is 0 Å². The van der Waals surface area contributed by atoms with Gasteiger partial charge in [0.25, 0.3) is 5.91 Å². The van der Waals surface area contributed by atoms with Gasteiger partial charge in [-0.2, -0.15) is 5.10 Å². The van der Waals surface area contributed by atoms with Crippen LogP contribution in [0.25, 0.3) is 5.52 Å². The molecule has 0 saturated carbocycles. The number of amides is 2. The molecule has 0 spiro atoms. The molecule has 0 unspecified atom stereocenters. The molecule has 0 atom stereocenters. The average Bonchev–Trinajstić information content (AvgIpc) is 3.29. The van der Waals surface area contributed by atoms with Gasteiger partial charge in [0.05, 0.1) is 23.7 Å². The van der Waals surface area contributed by atoms with E-state index in [4.69, 9.17) is 0 Å². The highest BCUT2D eigenvalue weighted by atomic mass is 16.2. The quantitative estimate of drug-likeness (QED) is 0.580. The van der Waals surface area contributed by atoms with E-state index in [1.807, 2.05) is 32.6 Å². The summed E-state index contributed by atoms with van der Waals surface area (Å²) in [4.78, 5) is 30.0. The molecule has 0 bridgehead atoms. The fraction of sp³-hybridized carbons (Fsp3) is 0.464. The minimum absolute atomic E-state index is 0.0931. The number of fused-ring (bicyclic) bond motifs is 1. The molecule has 3 aromatic rings. The van der Waals surface area contributed by atoms with E-state index in [-0.39, 0.29) is 11.8 Å². The van der Waals surface area contributed by atoms with Gasteiger partial charge in [-0.1, -0.05) is 36.8 Å². The summed E-state index contributed by atoms with van der Waals surface area (Å²) in [5, 5.41) is 4.43. The zero-order valence-electron chi connectivity index (χ0n) is 20.2. The molecule has 2 fully saturated rings. The highest BCUT2D eigenvalue weighted by Crippen LogP contribution is 2.30. The standard InChI is InChI=1S/C28H34N4O2/c1-20-3-5-22(6-4-20)17-27(33)30-14-9-23(10-15-30)24-11-16-32-26(18-24)25(19-29-32)28(34)31-12-7-21(2)8-13-31/h3-6,11,16,18-19,21,23H,7-10,12-15,17H2,1-2H3. The summed E-state index contributed by atoms with van der Waals surface area (Å²) >= 11 is 0. The molecule has 2 saturated heterocycles. The number of pyridine rings is 1. The second kappa shape index (κ2) is 9.61. The van der Waals surface area contributed by atoms with Crippen LogP contribution in [0.2, 0.25) is 0 Å². The third-order valence-corrected chi connectivity index (χ3v) is 7.64. The van der Waals surface area contributed by atoms with Crippen LogP contribution in [0.4, 0.5) is 0 Å². The first-order chi connectivity index (χ1) is 16.5. The highest BCUT2D eigenvalue weighted by Gasteiger charge is 2.26. The Morgan fingerprint density at radius 3 is 2.32 bits per heavy atom. The first-order valence-electron chi connectivity index (χ1n) is 12.6. The van der Waals surface area contributed by atoms with Crippen LogP contribution in [-0.4, -0.2) is 57.4 Å². The van der Waals surface area contributed by atoms with Crippen molar-refractivity contribution < 1.29 is 9.59 Å². The van der Waals surface area contributed by atoms with Crippen molar-refractivity contribution in [2.45, 2.75) is 51.9 Å². The van der Waals surface area contributed by atoms with Crippen LogP contribution in [0.1, 0.15) is 65.6 Å². The summed E-state index contributed by atoms with van der Waals surface area (Å²) in [5.41, 5.74) is 5.10. The molecule has 2 amide bonds. The number of hydrogen-bond donors (Lipinski definition) is 0. The number of likely N-dealkylation sites (tertiary alicyclic amines) is 2. The fourth-order valence-electron chi connectivity index (χ4n) is 5.25. The SMILES string of the molecule is Cc1ccc(CC(=O)N2CCC(c3ccn4ncc(C(=O)N5CCC(C)CC5)c4c3)CC2)cc1. The molecule has 2 aliphatic heterocycles. The van der Waals surface area contributed by atoms with Crippen molar-refractivity contribution >= 4 is 17.3 Å². The number of benzene rings is 1. The Hall–Kier alpha value is -3.15. The molecule has 0 N–H and O–H groups in total. The topological polar surface area (TPSA) is 57.9 Å². The first-order valence-corrected chi connectivity index (χ1v) is 12.6. The molecule has 0 radical (unpaired) electrons. The van der Waals surface area contributed by atoms with Gasteiger partial charge in [-0.3, -0.25) is 9.59 Å². The van der Waals surface area contributed by atoms with Gasteiger partial charge < -0.3 is 9.80 Å². The minimum atomic E-state index is 0.0931. The van der Waals surface area contributed by atoms with E-state index in [1.165, 1.54) is 11.1 Å². The number of piperidine rings is 2. The summed E-state index contributed by atoms with van der Waals surface area (Å²) in [7, 11) is 0. The van der Waals surface area contributed by atoms with Gasteiger partial charge in [0, 0.05) is 32.4 Å². The van der Waals surface area contributed by atoms with Crippen molar-refractivity contribution in [1.82, 2.24) is 19.4 Å². The highest BCUT2D eigenvalue weighted by molar-refractivity contribution is 6.00. The second-order valence-electron chi connectivity index (χ2n) is 10.1. The minimum Gasteiger partial charge on any atom is -0.342 e. The third-order valence-electron chi connectivity index (χ3n) is 7.64. The summed E-state index contributed by atoms with van der Waals surface area (Å²) in [5.74, 6) is 1.38. The Balaban J connectivity index is 1.24. The largest absolute Gasteiger partial charge is 0.342 e. The van der Waals surface area contributed by atoms with Gasteiger partial charge in [0.15, 0.2) is 0 Å². The molecule has 6 nitrogen and oxygen atoms in total. The monoisotopic (exact) mass is 458 g/mol. The van der Waals surface area contributed by atoms with Crippen LogP contribution >= 0.6 is 0 Å². The van der Waals surface area contributed by atoms with Crippen molar-refractivity contribution in [3.8, 4) is 0 Å². The van der Waals surface area contributed by atoms with Crippen molar-refractivity contribution in [2.75, 3.05) is 26.2 Å². The predicted octanol–water partition coefficient (Wildman–Crippen LogP) is 4.46. The van der Waals surface area contributed by atoms with Crippen LogP contribution < -0.4 is 0 Å². The lowest BCUT2D eigenvalue weighted by molar-refractivity contribution is -0.131. The van der Waals surface area contributed by atoms with Crippen LogP contribution in [0.15, 0.2) is 48.8 Å². The molecule has 6 heteroatoms. The Morgan fingerprint density at radius 1 is 0.941 bits per heavy atom. The Labute approximate surface area is 201 Å². The van der Waals surface area contributed by atoms with E-state index in [2.05, 4.69) is 43.2 Å². The number of hydrogen-bond acceptors (Lipinski definition) is 3. The van der Waals surface area contributed by atoms with Gasteiger partial charge in [0.2, 0.25) is 5.91 Å². The van der Waals surface area contributed by atoms with Crippen molar-refractivity contribution in [3.63, 3.8) is 0 Å². The lowest BCUT2D eigenvalue weighted by Gasteiger charge is -2.32. The maximum absolute atomic E-state index is 13.2. The van der Waals surface area contributed by atoms with Gasteiger partial charge in [0.1, 0.15) is 0 Å². The molecule has 178 valence electrons. The third kappa shape index (κ3) is 4.72. The van der Waals surface area contributed by atoms with Gasteiger partial charge in [-0.25, -0.2) is 4.52 Å². The number of carbonyl (C=O) groups is 2. The molecule has 34 heavy (non-hydrogen) atoms. The summed E-state index contributed by atoms with van der Waals surface area (Å²) in [6.07, 6.45) is 8.16. The number of aryl methyl sites for hydroxylation is 1. The molecular formula is C28H34N4O2. The van der Waals surface area contributed by atoms with E-state index in [0.29, 0.717) is 23.8 Å². The Kier molecular flexibility index (Phi) is 6.40. The van der Waals surface area contributed by atoms with E-state index in [0.717, 1.165) is 62.9 Å². The smallest absolute Gasteiger partial charge is 0.257 e. The maximum Gasteiger partial charge on any atom is 0.257 e. The molecule has 2 aliphatic rings. The number of carbonyl (C=O) groups excluding carboxylic acids is 2. The van der Waals surface area contributed by atoms with Crippen LogP contribution in [0.3, 0.4) is 0 Å². The lowest BCUT2D eigenvalue weighted by Crippen LogP contribution is -2.38. The maximum atomic E-state index is 13.2. The molecule has 5 rings (SSSR count). The van der Waals surface area contributed by atoms with Crippen LogP contribution in [-0.2, 0) is 11.2 Å². The normalized spacial score (nSPS) is 17.9. The molecular weight excluding hydrogens is 424 g/mol. The average molecular weight is 459 g/mol. The number of rotatable bonds is 4. The zero-order chi connectivity index (χ0) is 23.7. The molecule has 1 aromatic carbocycles. The van der Waals surface area contributed by atoms with E-state index < -0.39 is 0 Å². The van der Waals surface area contributed by atoms with Gasteiger partial charge in [-0.15, -0.1) is 0 Å². The summed E-state index contributed by atoms with van der Waals surface area (Å²) in [6.45, 7) is 7.52. The van der Waals surface area contributed by atoms with E-state index in [9.17, 15) is 9.59 Å². The van der Waals surface area contributed by atoms with Crippen molar-refractivity contribution in [3.05, 3.63) is 71.0 Å². The molecule has 4 heterocycles. The van der Waals surface area contributed by atoms with E-state index in [1.54, 1.807) is 6.20 Å². The van der Waals surface area contributed by atoms with Crippen molar-refractivity contribution in [1.29, 1.82) is 0 Å². The molecule has 0 aliphatic carbocycles. The van der Waals surface area contributed by atoms with Gasteiger partial charge >= 0.3 is 0 Å². The Bertz CT molecular complexity index is 1170. The fourth-order valence-corrected chi connectivity index (χ4v) is 5.25. The Morgan fingerprint density at radius 2 is 1.62 bits per heavy atom.